The van der Waals surface area contributed by atoms with Crippen molar-refractivity contribution < 1.29 is 9.53 Å². The minimum absolute atomic E-state index is 0.380. The first-order valence-electron chi connectivity index (χ1n) is 6.87. The third-order valence-corrected chi connectivity index (χ3v) is 3.00. The van der Waals surface area contributed by atoms with Gasteiger partial charge in [-0.25, -0.2) is 4.68 Å². The van der Waals surface area contributed by atoms with Gasteiger partial charge in [-0.1, -0.05) is 29.5 Å². The van der Waals surface area contributed by atoms with E-state index in [4.69, 9.17) is 4.74 Å². The van der Waals surface area contributed by atoms with Gasteiger partial charge >= 0.3 is 0 Å². The molecule has 0 aliphatic carbocycles. The van der Waals surface area contributed by atoms with Gasteiger partial charge in [0, 0.05) is 6.42 Å². The maximum absolute atomic E-state index is 11.1. The highest BCUT2D eigenvalue weighted by atomic mass is 16.5. The molecule has 1 heterocycles. The van der Waals surface area contributed by atoms with Gasteiger partial charge in [-0.2, -0.15) is 0 Å². The van der Waals surface area contributed by atoms with Gasteiger partial charge in [0.25, 0.3) is 0 Å². The summed E-state index contributed by atoms with van der Waals surface area (Å²) in [5.74, 6) is 0.838. The third-order valence-electron chi connectivity index (χ3n) is 3.00. The van der Waals surface area contributed by atoms with Crippen LogP contribution in [0.1, 0.15) is 35.6 Å². The summed E-state index contributed by atoms with van der Waals surface area (Å²) in [5.41, 5.74) is 3.22. The third kappa shape index (κ3) is 3.78. The van der Waals surface area contributed by atoms with E-state index in [1.54, 1.807) is 4.68 Å². The lowest BCUT2D eigenvalue weighted by Gasteiger charge is -2.08. The Morgan fingerprint density at radius 3 is 2.67 bits per heavy atom. The molecule has 5 heteroatoms. The highest BCUT2D eigenvalue weighted by molar-refractivity contribution is 5.73. The Labute approximate surface area is 124 Å². The number of benzene rings is 1. The predicted octanol–water partition coefficient (Wildman–Crippen LogP) is 2.66. The summed E-state index contributed by atoms with van der Waals surface area (Å²) in [4.78, 5) is 11.1. The first-order chi connectivity index (χ1) is 10.1. The molecule has 0 fully saturated rings. The lowest BCUT2D eigenvalue weighted by molar-refractivity contribution is 0.111. The fourth-order valence-corrected chi connectivity index (χ4v) is 2.07. The number of hydrogen-bond donors (Lipinski definition) is 0. The van der Waals surface area contributed by atoms with Gasteiger partial charge in [-0.05, 0) is 31.5 Å². The molecule has 0 N–H and O–H groups in total. The molecule has 110 valence electrons. The molecule has 2 aromatic rings. The van der Waals surface area contributed by atoms with Crippen molar-refractivity contribution in [1.29, 1.82) is 0 Å². The van der Waals surface area contributed by atoms with Gasteiger partial charge in [0.1, 0.15) is 11.4 Å². The fraction of sp³-hybridized carbons (Fsp3) is 0.312. The minimum atomic E-state index is 0.380. The molecular weight excluding hydrogens is 266 g/mol. The Morgan fingerprint density at radius 1 is 1.38 bits per heavy atom. The SMILES string of the molecule is C=C(C)Cn1nnc(C=O)c1Cc1ccc(OCC)cc1. The van der Waals surface area contributed by atoms with Crippen molar-refractivity contribution >= 4 is 6.29 Å². The van der Waals surface area contributed by atoms with Gasteiger partial charge in [0.2, 0.25) is 0 Å². The van der Waals surface area contributed by atoms with E-state index in [2.05, 4.69) is 16.9 Å². The smallest absolute Gasteiger partial charge is 0.172 e. The number of carbonyl (C=O) groups is 1. The number of rotatable bonds is 7. The van der Waals surface area contributed by atoms with Crippen LogP contribution in [0.15, 0.2) is 36.4 Å². The zero-order valence-corrected chi connectivity index (χ0v) is 12.4. The number of ether oxygens (including phenoxy) is 1. The molecule has 0 radical (unpaired) electrons. The molecule has 0 atom stereocenters. The van der Waals surface area contributed by atoms with Crippen molar-refractivity contribution in [1.82, 2.24) is 15.0 Å². The summed E-state index contributed by atoms with van der Waals surface area (Å²) < 4.78 is 7.14. The molecule has 1 aromatic heterocycles. The van der Waals surface area contributed by atoms with E-state index in [-0.39, 0.29) is 0 Å². The number of aldehydes is 1. The lowest BCUT2D eigenvalue weighted by atomic mass is 10.1. The van der Waals surface area contributed by atoms with E-state index >= 15 is 0 Å². The van der Waals surface area contributed by atoms with Crippen LogP contribution >= 0.6 is 0 Å². The van der Waals surface area contributed by atoms with E-state index in [0.717, 1.165) is 28.9 Å². The summed E-state index contributed by atoms with van der Waals surface area (Å²) >= 11 is 0. The second-order valence-corrected chi connectivity index (χ2v) is 4.91. The molecule has 0 aliphatic heterocycles. The number of hydrogen-bond acceptors (Lipinski definition) is 4. The topological polar surface area (TPSA) is 57.0 Å². The van der Waals surface area contributed by atoms with Crippen molar-refractivity contribution in [3.8, 4) is 5.75 Å². The monoisotopic (exact) mass is 285 g/mol. The number of aromatic nitrogens is 3. The quantitative estimate of drug-likeness (QED) is 0.579. The van der Waals surface area contributed by atoms with Crippen LogP contribution in [0.3, 0.4) is 0 Å². The first-order valence-corrected chi connectivity index (χ1v) is 6.87. The summed E-state index contributed by atoms with van der Waals surface area (Å²) in [6.45, 7) is 8.95. The van der Waals surface area contributed by atoms with E-state index in [0.29, 0.717) is 25.3 Å². The zero-order valence-electron chi connectivity index (χ0n) is 12.4. The van der Waals surface area contributed by atoms with E-state index in [9.17, 15) is 4.79 Å². The summed E-state index contributed by atoms with van der Waals surface area (Å²) in [5, 5.41) is 7.93. The van der Waals surface area contributed by atoms with Gasteiger partial charge in [-0.15, -0.1) is 5.10 Å². The Kier molecular flexibility index (Phi) is 4.87. The Balaban J connectivity index is 2.23. The van der Waals surface area contributed by atoms with Crippen LogP contribution in [0.25, 0.3) is 0 Å². The molecule has 0 unspecified atom stereocenters. The van der Waals surface area contributed by atoms with Crippen molar-refractivity contribution in [2.75, 3.05) is 6.61 Å². The number of nitrogens with zero attached hydrogens (tertiary/aromatic N) is 3. The molecule has 5 nitrogen and oxygen atoms in total. The van der Waals surface area contributed by atoms with Crippen LogP contribution in [-0.4, -0.2) is 27.9 Å². The Morgan fingerprint density at radius 2 is 2.10 bits per heavy atom. The Hall–Kier alpha value is -2.43. The number of carbonyl (C=O) groups excluding carboxylic acids is 1. The summed E-state index contributed by atoms with van der Waals surface area (Å²) in [6.07, 6.45) is 1.34. The van der Waals surface area contributed by atoms with Crippen LogP contribution in [0, 0.1) is 0 Å². The maximum atomic E-state index is 11.1. The summed E-state index contributed by atoms with van der Waals surface area (Å²) in [7, 11) is 0. The minimum Gasteiger partial charge on any atom is -0.494 e. The van der Waals surface area contributed by atoms with Crippen molar-refractivity contribution in [3.05, 3.63) is 53.4 Å². The molecule has 0 bridgehead atoms. The molecule has 21 heavy (non-hydrogen) atoms. The highest BCUT2D eigenvalue weighted by Crippen LogP contribution is 2.16. The predicted molar refractivity (Wildman–Crippen MR) is 80.6 cm³/mol. The molecule has 2 rings (SSSR count). The van der Waals surface area contributed by atoms with Crippen LogP contribution in [0.4, 0.5) is 0 Å². The molecule has 0 spiro atoms. The average molecular weight is 285 g/mol. The molecule has 1 aromatic carbocycles. The van der Waals surface area contributed by atoms with E-state index < -0.39 is 0 Å². The van der Waals surface area contributed by atoms with Crippen LogP contribution in [0.5, 0.6) is 5.75 Å². The van der Waals surface area contributed by atoms with Gasteiger partial charge in [-0.3, -0.25) is 4.79 Å². The largest absolute Gasteiger partial charge is 0.494 e. The fourth-order valence-electron chi connectivity index (χ4n) is 2.07. The standard InChI is InChI=1S/C16H19N3O2/c1-4-21-14-7-5-13(6-8-14)9-16-15(11-20)17-18-19(16)10-12(2)3/h5-8,11H,2,4,9-10H2,1,3H3. The molecule has 0 aliphatic rings. The van der Waals surface area contributed by atoms with E-state index in [1.165, 1.54) is 0 Å². The van der Waals surface area contributed by atoms with E-state index in [1.807, 2.05) is 38.1 Å². The lowest BCUT2D eigenvalue weighted by Crippen LogP contribution is -2.07. The molecular formula is C16H19N3O2. The molecule has 0 saturated heterocycles. The molecule has 0 amide bonds. The summed E-state index contributed by atoms with van der Waals surface area (Å²) in [6, 6.07) is 7.81. The number of allylic oxidation sites excluding steroid dienone is 1. The highest BCUT2D eigenvalue weighted by Gasteiger charge is 2.13. The van der Waals surface area contributed by atoms with Crippen LogP contribution in [-0.2, 0) is 13.0 Å². The maximum Gasteiger partial charge on any atom is 0.172 e. The second-order valence-electron chi connectivity index (χ2n) is 4.91. The van der Waals surface area contributed by atoms with Gasteiger partial charge in [0.05, 0.1) is 18.8 Å². The van der Waals surface area contributed by atoms with Gasteiger partial charge < -0.3 is 4.74 Å². The van der Waals surface area contributed by atoms with Gasteiger partial charge in [0.15, 0.2) is 6.29 Å². The average Bonchev–Trinajstić information content (AvgIpc) is 2.83. The van der Waals surface area contributed by atoms with Crippen molar-refractivity contribution in [2.24, 2.45) is 0 Å². The Bertz CT molecular complexity index is 629. The molecule has 0 saturated carbocycles. The normalized spacial score (nSPS) is 10.4. The van der Waals surface area contributed by atoms with Crippen molar-refractivity contribution in [3.63, 3.8) is 0 Å². The van der Waals surface area contributed by atoms with Crippen molar-refractivity contribution in [2.45, 2.75) is 26.8 Å². The second kappa shape index (κ2) is 6.83. The zero-order chi connectivity index (χ0) is 15.2. The first kappa shape index (κ1) is 15.0. The van der Waals surface area contributed by atoms with Crippen LogP contribution in [0.2, 0.25) is 0 Å². The van der Waals surface area contributed by atoms with Crippen LogP contribution < -0.4 is 4.74 Å².